The first-order valence-electron chi connectivity index (χ1n) is 5.70. The van der Waals surface area contributed by atoms with Crippen LogP contribution in [-0.2, 0) is 4.79 Å². The van der Waals surface area contributed by atoms with E-state index in [1.165, 1.54) is 32.1 Å². The van der Waals surface area contributed by atoms with E-state index in [9.17, 15) is 4.79 Å². The monoisotopic (exact) mass is 198 g/mol. The van der Waals surface area contributed by atoms with Crippen molar-refractivity contribution in [1.82, 2.24) is 5.32 Å². The molecule has 1 aliphatic rings. The fourth-order valence-corrected chi connectivity index (χ4v) is 2.02. The second-order valence-electron chi connectivity index (χ2n) is 4.45. The van der Waals surface area contributed by atoms with Crippen molar-refractivity contribution in [3.63, 3.8) is 0 Å². The summed E-state index contributed by atoms with van der Waals surface area (Å²) in [7, 11) is 0. The molecule has 3 nitrogen and oxygen atoms in total. The van der Waals surface area contributed by atoms with Crippen LogP contribution in [0.25, 0.3) is 0 Å². The van der Waals surface area contributed by atoms with E-state index in [1.807, 2.05) is 6.92 Å². The van der Waals surface area contributed by atoms with Crippen molar-refractivity contribution in [1.29, 1.82) is 0 Å². The molecule has 1 unspecified atom stereocenters. The summed E-state index contributed by atoms with van der Waals surface area (Å²) in [6, 6.07) is 0. The van der Waals surface area contributed by atoms with Crippen molar-refractivity contribution >= 4 is 5.91 Å². The maximum Gasteiger partial charge on any atom is 0.221 e. The first-order valence-corrected chi connectivity index (χ1v) is 5.70. The number of nitrogens with two attached hydrogens (primary N) is 1. The number of amides is 1. The van der Waals surface area contributed by atoms with Crippen LogP contribution in [0.3, 0.4) is 0 Å². The Hall–Kier alpha value is -0.570. The summed E-state index contributed by atoms with van der Waals surface area (Å²) in [4.78, 5) is 10.7. The molecule has 1 saturated carbocycles. The van der Waals surface area contributed by atoms with E-state index in [-0.39, 0.29) is 11.8 Å². The molecule has 1 amide bonds. The zero-order valence-electron chi connectivity index (χ0n) is 9.09. The number of hydrogen-bond acceptors (Lipinski definition) is 2. The van der Waals surface area contributed by atoms with Crippen LogP contribution >= 0.6 is 0 Å². The zero-order chi connectivity index (χ0) is 10.4. The first kappa shape index (κ1) is 11.5. The molecule has 1 atom stereocenters. The van der Waals surface area contributed by atoms with Gasteiger partial charge in [0.25, 0.3) is 0 Å². The fourth-order valence-electron chi connectivity index (χ4n) is 2.02. The van der Waals surface area contributed by atoms with Gasteiger partial charge in [0.05, 0.1) is 0 Å². The van der Waals surface area contributed by atoms with E-state index >= 15 is 0 Å². The number of primary amides is 1. The van der Waals surface area contributed by atoms with Crippen molar-refractivity contribution in [2.45, 2.75) is 39.0 Å². The van der Waals surface area contributed by atoms with E-state index < -0.39 is 0 Å². The maximum atomic E-state index is 10.7. The molecule has 0 aromatic carbocycles. The van der Waals surface area contributed by atoms with Gasteiger partial charge >= 0.3 is 0 Å². The van der Waals surface area contributed by atoms with Gasteiger partial charge < -0.3 is 11.1 Å². The molecule has 0 bridgehead atoms. The Bertz CT molecular complexity index is 176. The van der Waals surface area contributed by atoms with Crippen LogP contribution in [0.15, 0.2) is 0 Å². The van der Waals surface area contributed by atoms with Crippen molar-refractivity contribution in [3.05, 3.63) is 0 Å². The molecular weight excluding hydrogens is 176 g/mol. The highest BCUT2D eigenvalue weighted by Crippen LogP contribution is 2.26. The predicted molar refractivity (Wildman–Crippen MR) is 57.8 cm³/mol. The van der Waals surface area contributed by atoms with Gasteiger partial charge in [-0.2, -0.15) is 0 Å². The molecule has 82 valence electrons. The van der Waals surface area contributed by atoms with Crippen LogP contribution in [0, 0.1) is 11.8 Å². The van der Waals surface area contributed by atoms with Crippen LogP contribution in [0.1, 0.15) is 39.0 Å². The minimum atomic E-state index is -0.210. The van der Waals surface area contributed by atoms with E-state index in [0.717, 1.165) is 19.0 Å². The number of hydrogen-bond donors (Lipinski definition) is 2. The Kier molecular flexibility index (Phi) is 4.94. The molecule has 0 heterocycles. The molecule has 0 aliphatic heterocycles. The van der Waals surface area contributed by atoms with E-state index in [2.05, 4.69) is 5.32 Å². The summed E-state index contributed by atoms with van der Waals surface area (Å²) >= 11 is 0. The SMILES string of the molecule is CC(CNCCC1CCCC1)C(N)=O. The van der Waals surface area contributed by atoms with Gasteiger partial charge in [0, 0.05) is 12.5 Å². The minimum Gasteiger partial charge on any atom is -0.369 e. The second kappa shape index (κ2) is 6.02. The molecule has 0 saturated heterocycles. The highest BCUT2D eigenvalue weighted by molar-refractivity contribution is 5.76. The quantitative estimate of drug-likeness (QED) is 0.632. The largest absolute Gasteiger partial charge is 0.369 e. The van der Waals surface area contributed by atoms with Crippen LogP contribution in [-0.4, -0.2) is 19.0 Å². The number of rotatable bonds is 6. The molecule has 3 N–H and O–H groups in total. The topological polar surface area (TPSA) is 55.1 Å². The smallest absolute Gasteiger partial charge is 0.221 e. The highest BCUT2D eigenvalue weighted by atomic mass is 16.1. The van der Waals surface area contributed by atoms with Gasteiger partial charge in [-0.15, -0.1) is 0 Å². The van der Waals surface area contributed by atoms with Gasteiger partial charge in [-0.1, -0.05) is 32.6 Å². The van der Waals surface area contributed by atoms with Crippen molar-refractivity contribution < 1.29 is 4.79 Å². The fraction of sp³-hybridized carbons (Fsp3) is 0.909. The van der Waals surface area contributed by atoms with Gasteiger partial charge in [0.15, 0.2) is 0 Å². The molecule has 0 radical (unpaired) electrons. The average Bonchev–Trinajstić information content (AvgIpc) is 2.64. The van der Waals surface area contributed by atoms with Crippen LogP contribution in [0.5, 0.6) is 0 Å². The Morgan fingerprint density at radius 3 is 2.71 bits per heavy atom. The lowest BCUT2D eigenvalue weighted by Gasteiger charge is -2.11. The number of nitrogens with one attached hydrogen (secondary N) is 1. The Labute approximate surface area is 86.4 Å². The van der Waals surface area contributed by atoms with Gasteiger partial charge in [-0.3, -0.25) is 4.79 Å². The van der Waals surface area contributed by atoms with Crippen molar-refractivity contribution in [2.75, 3.05) is 13.1 Å². The summed E-state index contributed by atoms with van der Waals surface area (Å²) in [5.74, 6) is 0.670. The molecule has 1 fully saturated rings. The third-order valence-corrected chi connectivity index (χ3v) is 3.14. The van der Waals surface area contributed by atoms with E-state index in [4.69, 9.17) is 5.73 Å². The molecule has 1 aliphatic carbocycles. The molecule has 0 spiro atoms. The van der Waals surface area contributed by atoms with Crippen LogP contribution in [0.4, 0.5) is 0 Å². The molecule has 1 rings (SSSR count). The molecule has 0 aromatic heterocycles. The average molecular weight is 198 g/mol. The molecule has 14 heavy (non-hydrogen) atoms. The van der Waals surface area contributed by atoms with Gasteiger partial charge in [0.2, 0.25) is 5.91 Å². The molecular formula is C11H22N2O. The predicted octanol–water partition coefficient (Wildman–Crippen LogP) is 1.28. The van der Waals surface area contributed by atoms with Gasteiger partial charge in [-0.25, -0.2) is 0 Å². The first-order chi connectivity index (χ1) is 6.70. The Morgan fingerprint density at radius 2 is 2.14 bits per heavy atom. The summed E-state index contributed by atoms with van der Waals surface area (Å²) in [6.45, 7) is 3.62. The summed E-state index contributed by atoms with van der Waals surface area (Å²) in [5, 5.41) is 3.29. The zero-order valence-corrected chi connectivity index (χ0v) is 9.09. The number of carbonyl (C=O) groups is 1. The maximum absolute atomic E-state index is 10.7. The standard InChI is InChI=1S/C11H22N2O/c1-9(11(12)14)8-13-7-6-10-4-2-3-5-10/h9-10,13H,2-8H2,1H3,(H2,12,14). The lowest BCUT2D eigenvalue weighted by molar-refractivity contribution is -0.121. The summed E-state index contributed by atoms with van der Waals surface area (Å²) < 4.78 is 0. The van der Waals surface area contributed by atoms with Crippen LogP contribution in [0.2, 0.25) is 0 Å². The Balaban J connectivity index is 1.95. The highest BCUT2D eigenvalue weighted by Gasteiger charge is 2.14. The van der Waals surface area contributed by atoms with Crippen molar-refractivity contribution in [2.24, 2.45) is 17.6 Å². The van der Waals surface area contributed by atoms with E-state index in [0.29, 0.717) is 0 Å². The Morgan fingerprint density at radius 1 is 1.50 bits per heavy atom. The third kappa shape index (κ3) is 4.09. The third-order valence-electron chi connectivity index (χ3n) is 3.14. The normalized spacial score (nSPS) is 19.8. The molecule has 3 heteroatoms. The second-order valence-corrected chi connectivity index (χ2v) is 4.45. The number of carbonyl (C=O) groups excluding carboxylic acids is 1. The summed E-state index contributed by atoms with van der Waals surface area (Å²) in [6.07, 6.45) is 6.86. The van der Waals surface area contributed by atoms with Gasteiger partial charge in [-0.05, 0) is 18.9 Å². The van der Waals surface area contributed by atoms with Crippen LogP contribution < -0.4 is 11.1 Å². The summed E-state index contributed by atoms with van der Waals surface area (Å²) in [5.41, 5.74) is 5.16. The van der Waals surface area contributed by atoms with E-state index in [1.54, 1.807) is 0 Å². The lowest BCUT2D eigenvalue weighted by Crippen LogP contribution is -2.31. The minimum absolute atomic E-state index is 0.0430. The van der Waals surface area contributed by atoms with Gasteiger partial charge in [0.1, 0.15) is 0 Å². The lowest BCUT2D eigenvalue weighted by atomic mass is 10.0. The van der Waals surface area contributed by atoms with Crippen molar-refractivity contribution in [3.8, 4) is 0 Å². The molecule has 0 aromatic rings.